The zero-order chi connectivity index (χ0) is 11.4. The summed E-state index contributed by atoms with van der Waals surface area (Å²) in [4.78, 5) is 0. The molecule has 1 unspecified atom stereocenters. The highest BCUT2D eigenvalue weighted by Gasteiger charge is 2.07. The van der Waals surface area contributed by atoms with Crippen LogP contribution in [0.2, 0.25) is 0 Å². The molecule has 0 amide bonds. The lowest BCUT2D eigenvalue weighted by Crippen LogP contribution is -2.17. The standard InChI is InChI=1S/C11H16N4S/c1-9(7-12-2)8-16-11-14-13-10-5-3-4-6-15(10)11/h3-6,9,12H,7-8H2,1-2H3. The molecule has 0 aliphatic rings. The lowest BCUT2D eigenvalue weighted by molar-refractivity contribution is 0.603. The highest BCUT2D eigenvalue weighted by atomic mass is 32.2. The average molecular weight is 236 g/mol. The van der Waals surface area contributed by atoms with Gasteiger partial charge in [0.05, 0.1) is 0 Å². The van der Waals surface area contributed by atoms with E-state index in [1.165, 1.54) is 0 Å². The summed E-state index contributed by atoms with van der Waals surface area (Å²) >= 11 is 1.75. The van der Waals surface area contributed by atoms with Crippen molar-refractivity contribution >= 4 is 17.4 Å². The second kappa shape index (κ2) is 5.32. The van der Waals surface area contributed by atoms with Crippen LogP contribution in [0.3, 0.4) is 0 Å². The van der Waals surface area contributed by atoms with Crippen LogP contribution in [-0.4, -0.2) is 33.9 Å². The van der Waals surface area contributed by atoms with Gasteiger partial charge in [0.15, 0.2) is 10.8 Å². The van der Waals surface area contributed by atoms with E-state index < -0.39 is 0 Å². The van der Waals surface area contributed by atoms with E-state index in [2.05, 4.69) is 22.4 Å². The Hall–Kier alpha value is -1.07. The predicted octanol–water partition coefficient (Wildman–Crippen LogP) is 1.68. The van der Waals surface area contributed by atoms with E-state index in [0.29, 0.717) is 5.92 Å². The van der Waals surface area contributed by atoms with Crippen molar-refractivity contribution in [2.45, 2.75) is 12.1 Å². The molecular weight excluding hydrogens is 220 g/mol. The topological polar surface area (TPSA) is 42.2 Å². The quantitative estimate of drug-likeness (QED) is 0.802. The Morgan fingerprint density at radius 1 is 1.44 bits per heavy atom. The molecule has 0 aliphatic carbocycles. The van der Waals surface area contributed by atoms with Gasteiger partial charge >= 0.3 is 0 Å². The van der Waals surface area contributed by atoms with Crippen LogP contribution >= 0.6 is 11.8 Å². The molecule has 2 aromatic heterocycles. The third-order valence-electron chi connectivity index (χ3n) is 2.33. The van der Waals surface area contributed by atoms with Crippen LogP contribution in [-0.2, 0) is 0 Å². The van der Waals surface area contributed by atoms with E-state index in [9.17, 15) is 0 Å². The van der Waals surface area contributed by atoms with Gasteiger partial charge in [0.25, 0.3) is 0 Å². The van der Waals surface area contributed by atoms with Gasteiger partial charge in [-0.15, -0.1) is 10.2 Å². The minimum Gasteiger partial charge on any atom is -0.319 e. The number of pyridine rings is 1. The molecule has 0 saturated carbocycles. The summed E-state index contributed by atoms with van der Waals surface area (Å²) < 4.78 is 2.02. The summed E-state index contributed by atoms with van der Waals surface area (Å²) in [7, 11) is 1.98. The van der Waals surface area contributed by atoms with Crippen molar-refractivity contribution in [2.75, 3.05) is 19.3 Å². The summed E-state index contributed by atoms with van der Waals surface area (Å²) in [6, 6.07) is 5.94. The molecule has 2 rings (SSSR count). The summed E-state index contributed by atoms with van der Waals surface area (Å²) in [5.41, 5.74) is 0.909. The van der Waals surface area contributed by atoms with Gasteiger partial charge in [-0.3, -0.25) is 4.40 Å². The Morgan fingerprint density at radius 3 is 3.12 bits per heavy atom. The molecule has 0 spiro atoms. The van der Waals surface area contributed by atoms with Crippen molar-refractivity contribution in [3.63, 3.8) is 0 Å². The van der Waals surface area contributed by atoms with Crippen LogP contribution in [0.15, 0.2) is 29.6 Å². The zero-order valence-electron chi connectivity index (χ0n) is 9.55. The number of nitrogens with zero attached hydrogens (tertiary/aromatic N) is 3. The molecule has 0 fully saturated rings. The van der Waals surface area contributed by atoms with E-state index in [-0.39, 0.29) is 0 Å². The molecule has 2 heterocycles. The van der Waals surface area contributed by atoms with Gasteiger partial charge < -0.3 is 5.32 Å². The highest BCUT2D eigenvalue weighted by Crippen LogP contribution is 2.19. The van der Waals surface area contributed by atoms with E-state index in [4.69, 9.17) is 0 Å². The number of nitrogens with one attached hydrogen (secondary N) is 1. The molecule has 2 aromatic rings. The third-order valence-corrected chi connectivity index (χ3v) is 3.60. The normalized spacial score (nSPS) is 13.1. The van der Waals surface area contributed by atoms with Crippen molar-refractivity contribution in [1.29, 1.82) is 0 Å². The predicted molar refractivity (Wildman–Crippen MR) is 66.8 cm³/mol. The van der Waals surface area contributed by atoms with E-state index >= 15 is 0 Å². The van der Waals surface area contributed by atoms with Crippen LogP contribution in [0, 0.1) is 5.92 Å². The van der Waals surface area contributed by atoms with Gasteiger partial charge in [-0.2, -0.15) is 0 Å². The molecule has 0 bridgehead atoms. The molecule has 16 heavy (non-hydrogen) atoms. The largest absolute Gasteiger partial charge is 0.319 e. The van der Waals surface area contributed by atoms with Gasteiger partial charge in [-0.25, -0.2) is 0 Å². The van der Waals surface area contributed by atoms with Crippen LogP contribution in [0.25, 0.3) is 5.65 Å². The lowest BCUT2D eigenvalue weighted by Gasteiger charge is -2.08. The molecule has 86 valence electrons. The Labute approximate surface area is 99.5 Å². The number of rotatable bonds is 5. The highest BCUT2D eigenvalue weighted by molar-refractivity contribution is 7.99. The van der Waals surface area contributed by atoms with Crippen LogP contribution in [0.5, 0.6) is 0 Å². The molecule has 1 atom stereocenters. The molecule has 0 saturated heterocycles. The van der Waals surface area contributed by atoms with E-state index in [0.717, 1.165) is 23.1 Å². The van der Waals surface area contributed by atoms with Gasteiger partial charge in [0, 0.05) is 11.9 Å². The van der Waals surface area contributed by atoms with Gasteiger partial charge in [0.2, 0.25) is 0 Å². The second-order valence-electron chi connectivity index (χ2n) is 3.89. The van der Waals surface area contributed by atoms with Crippen LogP contribution in [0.1, 0.15) is 6.92 Å². The molecule has 1 N–H and O–H groups in total. The first kappa shape index (κ1) is 11.4. The average Bonchev–Trinajstić information content (AvgIpc) is 2.70. The first-order valence-electron chi connectivity index (χ1n) is 5.38. The van der Waals surface area contributed by atoms with E-state index in [1.807, 2.05) is 35.8 Å². The molecule has 5 heteroatoms. The fraction of sp³-hybridized carbons (Fsp3) is 0.455. The maximum Gasteiger partial charge on any atom is 0.195 e. The minimum absolute atomic E-state index is 0.631. The summed E-state index contributed by atoms with van der Waals surface area (Å²) in [6.45, 7) is 3.26. The van der Waals surface area contributed by atoms with Gasteiger partial charge in [-0.05, 0) is 31.6 Å². The molecule has 0 aliphatic heterocycles. The SMILES string of the molecule is CNCC(C)CSc1nnc2ccccn12. The number of thioether (sulfide) groups is 1. The van der Waals surface area contributed by atoms with E-state index in [1.54, 1.807) is 11.8 Å². The zero-order valence-corrected chi connectivity index (χ0v) is 10.4. The fourth-order valence-corrected chi connectivity index (χ4v) is 2.49. The maximum absolute atomic E-state index is 4.18. The first-order chi connectivity index (χ1) is 7.81. The number of fused-ring (bicyclic) bond motifs is 1. The third kappa shape index (κ3) is 2.54. The number of hydrogen-bond donors (Lipinski definition) is 1. The smallest absolute Gasteiger partial charge is 0.195 e. The molecule has 4 nitrogen and oxygen atoms in total. The van der Waals surface area contributed by atoms with Crippen LogP contribution in [0.4, 0.5) is 0 Å². The number of hydrogen-bond acceptors (Lipinski definition) is 4. The van der Waals surface area contributed by atoms with Gasteiger partial charge in [-0.1, -0.05) is 24.8 Å². The van der Waals surface area contributed by atoms with Crippen molar-refractivity contribution in [2.24, 2.45) is 5.92 Å². The van der Waals surface area contributed by atoms with Crippen LogP contribution < -0.4 is 5.32 Å². The summed E-state index contributed by atoms with van der Waals surface area (Å²) in [6.07, 6.45) is 2.00. The van der Waals surface area contributed by atoms with Crippen molar-refractivity contribution in [3.8, 4) is 0 Å². The molecule has 0 radical (unpaired) electrons. The number of aromatic nitrogens is 3. The van der Waals surface area contributed by atoms with Gasteiger partial charge in [0.1, 0.15) is 0 Å². The Balaban J connectivity index is 2.04. The minimum atomic E-state index is 0.631. The second-order valence-corrected chi connectivity index (χ2v) is 4.87. The Kier molecular flexibility index (Phi) is 3.79. The lowest BCUT2D eigenvalue weighted by atomic mass is 10.2. The maximum atomic E-state index is 4.18. The Morgan fingerprint density at radius 2 is 2.31 bits per heavy atom. The fourth-order valence-electron chi connectivity index (χ4n) is 1.54. The molecular formula is C11H16N4S. The van der Waals surface area contributed by atoms with Crippen molar-refractivity contribution in [1.82, 2.24) is 19.9 Å². The Bertz CT molecular complexity index is 454. The summed E-state index contributed by atoms with van der Waals surface area (Å²) in [5.74, 6) is 1.68. The van der Waals surface area contributed by atoms with Crippen molar-refractivity contribution < 1.29 is 0 Å². The first-order valence-corrected chi connectivity index (χ1v) is 6.37. The van der Waals surface area contributed by atoms with Crippen molar-refractivity contribution in [3.05, 3.63) is 24.4 Å². The molecule has 0 aromatic carbocycles. The summed E-state index contributed by atoms with van der Waals surface area (Å²) in [5, 5.41) is 12.5. The monoisotopic (exact) mass is 236 g/mol.